The molecule has 0 spiro atoms. The highest BCUT2D eigenvalue weighted by molar-refractivity contribution is 7.09. The van der Waals surface area contributed by atoms with Crippen molar-refractivity contribution in [3.8, 4) is 0 Å². The maximum absolute atomic E-state index is 4.36. The molecule has 0 aliphatic carbocycles. The lowest BCUT2D eigenvalue weighted by atomic mass is 10.1. The zero-order valence-corrected chi connectivity index (χ0v) is 15.7. The van der Waals surface area contributed by atoms with Crippen molar-refractivity contribution in [3.05, 3.63) is 22.4 Å². The second-order valence-electron chi connectivity index (χ2n) is 6.68. The van der Waals surface area contributed by atoms with E-state index in [1.54, 1.807) is 0 Å². The monoisotopic (exact) mass is 336 g/mol. The van der Waals surface area contributed by atoms with Crippen molar-refractivity contribution in [3.63, 3.8) is 0 Å². The summed E-state index contributed by atoms with van der Waals surface area (Å²) in [5.41, 5.74) is 0. The Morgan fingerprint density at radius 3 is 3.04 bits per heavy atom. The first-order valence-electron chi connectivity index (χ1n) is 8.90. The van der Waals surface area contributed by atoms with Gasteiger partial charge in [0.2, 0.25) is 0 Å². The molecule has 0 radical (unpaired) electrons. The first-order chi connectivity index (χ1) is 11.2. The number of thiophene rings is 1. The van der Waals surface area contributed by atoms with Gasteiger partial charge in [-0.05, 0) is 55.6 Å². The van der Waals surface area contributed by atoms with Gasteiger partial charge in [0.15, 0.2) is 5.96 Å². The molecule has 2 heterocycles. The molecule has 4 nitrogen and oxygen atoms in total. The van der Waals surface area contributed by atoms with Crippen molar-refractivity contribution >= 4 is 17.3 Å². The fourth-order valence-corrected chi connectivity index (χ4v) is 4.05. The third-order valence-electron chi connectivity index (χ3n) is 4.44. The standard InChI is InChI=1S/C18H32N4S/c1-4-8-22-9-7-16(14-22)13-21-18(19-3)20-12-15(2)11-17-6-5-10-23-17/h5-6,10,15-16H,4,7-9,11-14H2,1-3H3,(H2,19,20,21). The normalized spacial score (nSPS) is 20.7. The van der Waals surface area contributed by atoms with Crippen molar-refractivity contribution in [1.29, 1.82) is 0 Å². The van der Waals surface area contributed by atoms with E-state index in [-0.39, 0.29) is 0 Å². The van der Waals surface area contributed by atoms with Crippen LogP contribution in [0.4, 0.5) is 0 Å². The number of guanidine groups is 1. The van der Waals surface area contributed by atoms with E-state index in [4.69, 9.17) is 0 Å². The summed E-state index contributed by atoms with van der Waals surface area (Å²) < 4.78 is 0. The first kappa shape index (κ1) is 18.3. The highest BCUT2D eigenvalue weighted by Crippen LogP contribution is 2.15. The average molecular weight is 337 g/mol. The van der Waals surface area contributed by atoms with Gasteiger partial charge in [-0.2, -0.15) is 0 Å². The Balaban J connectivity index is 1.63. The number of nitrogens with one attached hydrogen (secondary N) is 2. The molecule has 0 amide bonds. The average Bonchev–Trinajstić information content (AvgIpc) is 3.20. The number of hydrogen-bond donors (Lipinski definition) is 2. The molecule has 2 rings (SSSR count). The Morgan fingerprint density at radius 1 is 1.48 bits per heavy atom. The van der Waals surface area contributed by atoms with E-state index in [2.05, 4.69) is 51.9 Å². The van der Waals surface area contributed by atoms with Gasteiger partial charge < -0.3 is 15.5 Å². The van der Waals surface area contributed by atoms with Gasteiger partial charge in [0.05, 0.1) is 0 Å². The van der Waals surface area contributed by atoms with E-state index in [0.29, 0.717) is 5.92 Å². The second-order valence-corrected chi connectivity index (χ2v) is 7.71. The van der Waals surface area contributed by atoms with Gasteiger partial charge in [0, 0.05) is 31.6 Å². The predicted octanol–water partition coefficient (Wildman–Crippen LogP) is 2.82. The van der Waals surface area contributed by atoms with E-state index in [9.17, 15) is 0 Å². The molecule has 1 saturated heterocycles. The van der Waals surface area contributed by atoms with Gasteiger partial charge in [-0.15, -0.1) is 11.3 Å². The fraction of sp³-hybridized carbons (Fsp3) is 0.722. The molecule has 0 bridgehead atoms. The zero-order chi connectivity index (χ0) is 16.5. The van der Waals surface area contributed by atoms with Crippen molar-refractivity contribution < 1.29 is 0 Å². The van der Waals surface area contributed by atoms with Gasteiger partial charge in [0.1, 0.15) is 0 Å². The minimum Gasteiger partial charge on any atom is -0.356 e. The molecule has 1 aromatic rings. The summed E-state index contributed by atoms with van der Waals surface area (Å²) in [6, 6.07) is 4.35. The van der Waals surface area contributed by atoms with Gasteiger partial charge in [-0.25, -0.2) is 0 Å². The summed E-state index contributed by atoms with van der Waals surface area (Å²) in [6.07, 6.45) is 3.69. The topological polar surface area (TPSA) is 39.7 Å². The van der Waals surface area contributed by atoms with E-state index in [0.717, 1.165) is 31.4 Å². The Morgan fingerprint density at radius 2 is 2.35 bits per heavy atom. The summed E-state index contributed by atoms with van der Waals surface area (Å²) in [5, 5.41) is 9.13. The van der Waals surface area contributed by atoms with Crippen LogP contribution in [-0.2, 0) is 6.42 Å². The molecule has 1 aliphatic heterocycles. The fourth-order valence-electron chi connectivity index (χ4n) is 3.18. The van der Waals surface area contributed by atoms with Crippen molar-refractivity contribution in [2.24, 2.45) is 16.8 Å². The van der Waals surface area contributed by atoms with E-state index in [1.807, 2.05) is 18.4 Å². The molecule has 5 heteroatoms. The summed E-state index contributed by atoms with van der Waals surface area (Å²) in [5.74, 6) is 2.30. The molecule has 130 valence electrons. The zero-order valence-electron chi connectivity index (χ0n) is 14.8. The van der Waals surface area contributed by atoms with Crippen LogP contribution in [0.5, 0.6) is 0 Å². The number of likely N-dealkylation sites (tertiary alicyclic amines) is 1. The van der Waals surface area contributed by atoms with Crippen molar-refractivity contribution in [1.82, 2.24) is 15.5 Å². The van der Waals surface area contributed by atoms with Crippen LogP contribution in [0.1, 0.15) is 31.6 Å². The lowest BCUT2D eigenvalue weighted by molar-refractivity contribution is 0.324. The lowest BCUT2D eigenvalue weighted by Crippen LogP contribution is -2.42. The summed E-state index contributed by atoms with van der Waals surface area (Å²) in [6.45, 7) is 10.3. The SMILES string of the molecule is CCCN1CCC(CNC(=NC)NCC(C)Cc2cccs2)C1. The highest BCUT2D eigenvalue weighted by Gasteiger charge is 2.21. The maximum atomic E-state index is 4.36. The Kier molecular flexibility index (Phi) is 7.89. The van der Waals surface area contributed by atoms with Crippen LogP contribution in [0.15, 0.2) is 22.5 Å². The molecular weight excluding hydrogens is 304 g/mol. The predicted molar refractivity (Wildman–Crippen MR) is 101 cm³/mol. The van der Waals surface area contributed by atoms with Gasteiger partial charge in [0.25, 0.3) is 0 Å². The van der Waals surface area contributed by atoms with Gasteiger partial charge >= 0.3 is 0 Å². The molecule has 0 saturated carbocycles. The summed E-state index contributed by atoms with van der Waals surface area (Å²) in [4.78, 5) is 8.39. The smallest absolute Gasteiger partial charge is 0.190 e. The summed E-state index contributed by atoms with van der Waals surface area (Å²) >= 11 is 1.84. The van der Waals surface area contributed by atoms with Crippen molar-refractivity contribution in [2.45, 2.75) is 33.1 Å². The third kappa shape index (κ3) is 6.51. The number of rotatable bonds is 8. The van der Waals surface area contributed by atoms with Gasteiger partial charge in [-0.3, -0.25) is 4.99 Å². The number of aliphatic imine (C=N–C) groups is 1. The van der Waals surface area contributed by atoms with E-state index >= 15 is 0 Å². The first-order valence-corrected chi connectivity index (χ1v) is 9.78. The Hall–Kier alpha value is -1.07. The maximum Gasteiger partial charge on any atom is 0.190 e. The Labute approximate surface area is 145 Å². The minimum absolute atomic E-state index is 0.610. The van der Waals surface area contributed by atoms with Crippen LogP contribution < -0.4 is 10.6 Å². The Bertz CT molecular complexity index is 458. The van der Waals surface area contributed by atoms with Crippen LogP contribution >= 0.6 is 11.3 Å². The molecule has 1 aliphatic rings. The largest absolute Gasteiger partial charge is 0.356 e. The molecular formula is C18H32N4S. The van der Waals surface area contributed by atoms with Crippen LogP contribution in [0.25, 0.3) is 0 Å². The number of hydrogen-bond acceptors (Lipinski definition) is 3. The second kappa shape index (κ2) is 9.93. The quantitative estimate of drug-likeness (QED) is 0.566. The third-order valence-corrected chi connectivity index (χ3v) is 5.34. The molecule has 23 heavy (non-hydrogen) atoms. The number of nitrogens with zero attached hydrogens (tertiary/aromatic N) is 2. The minimum atomic E-state index is 0.610. The van der Waals surface area contributed by atoms with Crippen molar-refractivity contribution in [2.75, 3.05) is 39.8 Å². The highest BCUT2D eigenvalue weighted by atomic mass is 32.1. The van der Waals surface area contributed by atoms with E-state index < -0.39 is 0 Å². The molecule has 1 aromatic heterocycles. The van der Waals surface area contributed by atoms with Crippen LogP contribution in [0.2, 0.25) is 0 Å². The van der Waals surface area contributed by atoms with Crippen LogP contribution in [0.3, 0.4) is 0 Å². The molecule has 2 N–H and O–H groups in total. The van der Waals surface area contributed by atoms with Gasteiger partial charge in [-0.1, -0.05) is 19.9 Å². The molecule has 0 aromatic carbocycles. The molecule has 2 atom stereocenters. The van der Waals surface area contributed by atoms with Crippen LogP contribution in [-0.4, -0.2) is 50.6 Å². The molecule has 1 fully saturated rings. The van der Waals surface area contributed by atoms with Crippen LogP contribution in [0, 0.1) is 11.8 Å². The lowest BCUT2D eigenvalue weighted by Gasteiger charge is -2.18. The summed E-state index contributed by atoms with van der Waals surface area (Å²) in [7, 11) is 1.86. The van der Waals surface area contributed by atoms with E-state index in [1.165, 1.54) is 37.4 Å². The molecule has 2 unspecified atom stereocenters.